The van der Waals surface area contributed by atoms with Gasteiger partial charge in [0.1, 0.15) is 11.6 Å². The van der Waals surface area contributed by atoms with Crippen molar-refractivity contribution in [2.45, 2.75) is 31.7 Å². The average Bonchev–Trinajstić information content (AvgIpc) is 2.60. The van der Waals surface area contributed by atoms with Crippen molar-refractivity contribution in [1.82, 2.24) is 24.6 Å². The van der Waals surface area contributed by atoms with Crippen molar-refractivity contribution >= 4 is 5.82 Å². The Morgan fingerprint density at radius 1 is 1.04 bits per heavy atom. The Morgan fingerprint density at radius 3 is 2.60 bits per heavy atom. The summed E-state index contributed by atoms with van der Waals surface area (Å²) >= 11 is 0. The van der Waals surface area contributed by atoms with E-state index in [1.54, 1.807) is 18.3 Å². The normalized spacial score (nSPS) is 19.0. The van der Waals surface area contributed by atoms with Crippen LogP contribution in [0.15, 0.2) is 35.4 Å². The van der Waals surface area contributed by atoms with Crippen LogP contribution in [0.2, 0.25) is 0 Å². The molecule has 0 atom stereocenters. The third-order valence-corrected chi connectivity index (χ3v) is 5.24. The summed E-state index contributed by atoms with van der Waals surface area (Å²) < 4.78 is 1.53. The predicted molar refractivity (Wildman–Crippen MR) is 95.8 cm³/mol. The summed E-state index contributed by atoms with van der Waals surface area (Å²) in [5.41, 5.74) is -0.0364. The number of hydrogen-bond donors (Lipinski definition) is 0. The Kier molecular flexibility index (Phi) is 4.74. The second-order valence-electron chi connectivity index (χ2n) is 6.81. The summed E-state index contributed by atoms with van der Waals surface area (Å²) in [6.07, 6.45) is 7.31. The number of piperazine rings is 1. The minimum atomic E-state index is -0.0364. The van der Waals surface area contributed by atoms with E-state index in [9.17, 15) is 4.79 Å². The molecule has 3 heterocycles. The number of rotatable bonds is 5. The fraction of sp³-hybridized carbons (Fsp3) is 0.556. The van der Waals surface area contributed by atoms with Crippen LogP contribution in [-0.2, 0) is 6.54 Å². The number of anilines is 1. The van der Waals surface area contributed by atoms with Crippen molar-refractivity contribution in [1.29, 1.82) is 0 Å². The fourth-order valence-corrected chi connectivity index (χ4v) is 3.39. The van der Waals surface area contributed by atoms with E-state index in [1.165, 1.54) is 23.9 Å². The molecule has 25 heavy (non-hydrogen) atoms. The van der Waals surface area contributed by atoms with E-state index >= 15 is 0 Å². The molecule has 1 aliphatic carbocycles. The van der Waals surface area contributed by atoms with Crippen LogP contribution >= 0.6 is 0 Å². The molecule has 1 aliphatic heterocycles. The van der Waals surface area contributed by atoms with Gasteiger partial charge in [-0.3, -0.25) is 9.69 Å². The Bertz CT molecular complexity index is 764. The van der Waals surface area contributed by atoms with Crippen LogP contribution in [0.1, 0.15) is 31.0 Å². The highest BCUT2D eigenvalue weighted by Crippen LogP contribution is 2.34. The minimum Gasteiger partial charge on any atom is -0.354 e. The first-order valence-corrected chi connectivity index (χ1v) is 9.12. The fourth-order valence-electron chi connectivity index (χ4n) is 3.39. The van der Waals surface area contributed by atoms with Crippen LogP contribution in [0.4, 0.5) is 5.82 Å². The molecule has 2 aromatic heterocycles. The zero-order valence-electron chi connectivity index (χ0n) is 14.4. The molecule has 0 spiro atoms. The lowest BCUT2D eigenvalue weighted by molar-refractivity contribution is 0.242. The van der Waals surface area contributed by atoms with Crippen LogP contribution < -0.4 is 10.5 Å². The lowest BCUT2D eigenvalue weighted by atomic mass is 9.85. The largest absolute Gasteiger partial charge is 0.354 e. The van der Waals surface area contributed by atoms with Gasteiger partial charge in [-0.05, 0) is 25.0 Å². The Morgan fingerprint density at radius 2 is 1.88 bits per heavy atom. The third kappa shape index (κ3) is 3.71. The van der Waals surface area contributed by atoms with Crippen LogP contribution in [0.3, 0.4) is 0 Å². The molecule has 0 amide bonds. The maximum Gasteiger partial charge on any atom is 0.266 e. The molecule has 2 aliphatic rings. The molecular formula is C18H24N6O. The molecule has 1 saturated heterocycles. The minimum absolute atomic E-state index is 0.0364. The van der Waals surface area contributed by atoms with E-state index in [2.05, 4.69) is 19.9 Å². The Labute approximate surface area is 147 Å². The number of hydrogen-bond acceptors (Lipinski definition) is 6. The van der Waals surface area contributed by atoms with Gasteiger partial charge in [-0.2, -0.15) is 5.10 Å². The number of aromatic nitrogens is 4. The third-order valence-electron chi connectivity index (χ3n) is 5.24. The van der Waals surface area contributed by atoms with Gasteiger partial charge in [-0.1, -0.05) is 6.42 Å². The van der Waals surface area contributed by atoms with E-state index in [1.807, 2.05) is 12.3 Å². The zero-order valence-corrected chi connectivity index (χ0v) is 14.4. The molecule has 0 radical (unpaired) electrons. The highest BCUT2D eigenvalue weighted by Gasteiger charge is 2.24. The summed E-state index contributed by atoms with van der Waals surface area (Å²) in [7, 11) is 0. The van der Waals surface area contributed by atoms with Gasteiger partial charge in [-0.15, -0.1) is 0 Å². The second kappa shape index (κ2) is 7.31. The molecule has 0 aromatic carbocycles. The summed E-state index contributed by atoms with van der Waals surface area (Å²) in [6.45, 7) is 5.35. The van der Waals surface area contributed by atoms with E-state index < -0.39 is 0 Å². The lowest BCUT2D eigenvalue weighted by Gasteiger charge is -2.35. The van der Waals surface area contributed by atoms with E-state index in [-0.39, 0.29) is 5.56 Å². The van der Waals surface area contributed by atoms with Crippen molar-refractivity contribution in [2.75, 3.05) is 37.6 Å². The first-order chi connectivity index (χ1) is 12.3. The molecule has 0 unspecified atom stereocenters. The zero-order chi connectivity index (χ0) is 17.1. The van der Waals surface area contributed by atoms with Crippen molar-refractivity contribution < 1.29 is 0 Å². The topological polar surface area (TPSA) is 67.2 Å². The van der Waals surface area contributed by atoms with Crippen molar-refractivity contribution in [3.63, 3.8) is 0 Å². The second-order valence-corrected chi connectivity index (χ2v) is 6.81. The Balaban J connectivity index is 1.31. The molecule has 132 valence electrons. The van der Waals surface area contributed by atoms with Gasteiger partial charge in [0.2, 0.25) is 0 Å². The maximum atomic E-state index is 11.7. The molecule has 7 heteroatoms. The Hall–Kier alpha value is -2.28. The quantitative estimate of drug-likeness (QED) is 0.813. The van der Waals surface area contributed by atoms with Crippen molar-refractivity contribution in [3.05, 3.63) is 46.8 Å². The molecule has 4 rings (SSSR count). The van der Waals surface area contributed by atoms with Crippen LogP contribution in [0, 0.1) is 0 Å². The van der Waals surface area contributed by atoms with Gasteiger partial charge < -0.3 is 4.90 Å². The average molecular weight is 340 g/mol. The smallest absolute Gasteiger partial charge is 0.266 e. The van der Waals surface area contributed by atoms with Crippen LogP contribution in [-0.4, -0.2) is 57.4 Å². The van der Waals surface area contributed by atoms with Gasteiger partial charge in [0.15, 0.2) is 0 Å². The molecule has 2 aromatic rings. The lowest BCUT2D eigenvalue weighted by Crippen LogP contribution is -2.48. The predicted octanol–water partition coefficient (Wildman–Crippen LogP) is 1.12. The summed E-state index contributed by atoms with van der Waals surface area (Å²) in [6, 6.07) is 5.25. The molecular weight excluding hydrogens is 316 g/mol. The van der Waals surface area contributed by atoms with E-state index in [0.717, 1.165) is 44.4 Å². The highest BCUT2D eigenvalue weighted by atomic mass is 16.1. The van der Waals surface area contributed by atoms with Crippen molar-refractivity contribution in [2.24, 2.45) is 0 Å². The number of nitrogens with zero attached hydrogens (tertiary/aromatic N) is 6. The molecule has 1 saturated carbocycles. The van der Waals surface area contributed by atoms with Crippen molar-refractivity contribution in [3.8, 4) is 0 Å². The SMILES string of the molecule is O=c1cccnn1CCN1CCN(c2ccnc(C3CCC3)n2)CC1. The summed E-state index contributed by atoms with van der Waals surface area (Å²) in [4.78, 5) is 25.7. The van der Waals surface area contributed by atoms with Crippen LogP contribution in [0.25, 0.3) is 0 Å². The van der Waals surface area contributed by atoms with Gasteiger partial charge in [-0.25, -0.2) is 14.6 Å². The van der Waals surface area contributed by atoms with Gasteiger partial charge in [0.05, 0.1) is 6.54 Å². The monoisotopic (exact) mass is 340 g/mol. The highest BCUT2D eigenvalue weighted by molar-refractivity contribution is 5.38. The van der Waals surface area contributed by atoms with Gasteiger partial charge >= 0.3 is 0 Å². The van der Waals surface area contributed by atoms with E-state index in [0.29, 0.717) is 12.5 Å². The maximum absolute atomic E-state index is 11.7. The first-order valence-electron chi connectivity index (χ1n) is 9.12. The molecule has 0 N–H and O–H groups in total. The summed E-state index contributed by atoms with van der Waals surface area (Å²) in [5, 5.41) is 4.12. The van der Waals surface area contributed by atoms with Crippen LogP contribution in [0.5, 0.6) is 0 Å². The molecule has 2 fully saturated rings. The van der Waals surface area contributed by atoms with E-state index in [4.69, 9.17) is 4.98 Å². The summed E-state index contributed by atoms with van der Waals surface area (Å²) in [5.74, 6) is 2.64. The first kappa shape index (κ1) is 16.2. The standard InChI is InChI=1S/C18H24N6O/c25-17-5-2-7-20-24(17)14-11-22-9-12-23(13-10-22)16-6-8-19-18(21-16)15-3-1-4-15/h2,5-8,15H,1,3-4,9-14H2. The van der Waals surface area contributed by atoms with Gasteiger partial charge in [0, 0.05) is 57.1 Å². The molecule has 0 bridgehead atoms. The molecule has 7 nitrogen and oxygen atoms in total. The van der Waals surface area contributed by atoms with Gasteiger partial charge in [0.25, 0.3) is 5.56 Å².